The summed E-state index contributed by atoms with van der Waals surface area (Å²) in [5, 5.41) is 3.58. The average Bonchev–Trinajstić information content (AvgIpc) is 2.26. The quantitative estimate of drug-likeness (QED) is 0.700. The van der Waals surface area contributed by atoms with Crippen molar-refractivity contribution in [3.05, 3.63) is 0 Å². The fourth-order valence-corrected chi connectivity index (χ4v) is 2.67. The van der Waals surface area contributed by atoms with Crippen LogP contribution in [0.3, 0.4) is 0 Å². The third kappa shape index (κ3) is 4.42. The molecule has 1 aliphatic heterocycles. The standard InChI is InChI=1S/C14H30N2/c1-5-6-7-8-9-16-11-15-13(4)10-14(16)12(2)3/h12-15H,5-11H2,1-4H3. The van der Waals surface area contributed by atoms with E-state index in [0.29, 0.717) is 6.04 Å². The molecular weight excluding hydrogens is 196 g/mol. The summed E-state index contributed by atoms with van der Waals surface area (Å²) >= 11 is 0. The number of unbranched alkanes of at least 4 members (excludes halogenated alkanes) is 3. The Balaban J connectivity index is 2.31. The summed E-state index contributed by atoms with van der Waals surface area (Å²) in [7, 11) is 0. The SMILES string of the molecule is CCCCCCN1CNC(C)CC1C(C)C. The van der Waals surface area contributed by atoms with Crippen LogP contribution in [0.4, 0.5) is 0 Å². The normalized spacial score (nSPS) is 27.6. The minimum Gasteiger partial charge on any atom is -0.302 e. The lowest BCUT2D eigenvalue weighted by Crippen LogP contribution is -2.54. The molecule has 0 bridgehead atoms. The molecule has 2 atom stereocenters. The van der Waals surface area contributed by atoms with Crippen molar-refractivity contribution in [2.45, 2.75) is 71.9 Å². The molecule has 1 heterocycles. The van der Waals surface area contributed by atoms with Crippen molar-refractivity contribution in [3.8, 4) is 0 Å². The summed E-state index contributed by atoms with van der Waals surface area (Å²) in [6.07, 6.45) is 6.80. The summed E-state index contributed by atoms with van der Waals surface area (Å²) in [5.41, 5.74) is 0. The van der Waals surface area contributed by atoms with Crippen LogP contribution in [-0.2, 0) is 0 Å². The van der Waals surface area contributed by atoms with Crippen molar-refractivity contribution in [3.63, 3.8) is 0 Å². The Morgan fingerprint density at radius 2 is 2.00 bits per heavy atom. The fraction of sp³-hybridized carbons (Fsp3) is 1.00. The number of rotatable bonds is 6. The molecule has 2 nitrogen and oxygen atoms in total. The molecule has 0 amide bonds. The largest absolute Gasteiger partial charge is 0.302 e. The van der Waals surface area contributed by atoms with Crippen LogP contribution >= 0.6 is 0 Å². The van der Waals surface area contributed by atoms with Crippen LogP contribution in [0.25, 0.3) is 0 Å². The molecule has 16 heavy (non-hydrogen) atoms. The van der Waals surface area contributed by atoms with Crippen molar-refractivity contribution < 1.29 is 0 Å². The van der Waals surface area contributed by atoms with E-state index in [-0.39, 0.29) is 0 Å². The zero-order chi connectivity index (χ0) is 12.0. The van der Waals surface area contributed by atoms with Gasteiger partial charge in [0.2, 0.25) is 0 Å². The summed E-state index contributed by atoms with van der Waals surface area (Å²) in [4.78, 5) is 2.65. The monoisotopic (exact) mass is 226 g/mol. The van der Waals surface area contributed by atoms with Crippen molar-refractivity contribution in [2.75, 3.05) is 13.2 Å². The van der Waals surface area contributed by atoms with Gasteiger partial charge in [-0.2, -0.15) is 0 Å². The second-order valence-corrected chi connectivity index (χ2v) is 5.68. The van der Waals surface area contributed by atoms with E-state index in [1.807, 2.05) is 0 Å². The molecule has 1 N–H and O–H groups in total. The van der Waals surface area contributed by atoms with Crippen molar-refractivity contribution in [1.82, 2.24) is 10.2 Å². The summed E-state index contributed by atoms with van der Waals surface area (Å²) in [5.74, 6) is 0.788. The van der Waals surface area contributed by atoms with E-state index in [1.165, 1.54) is 38.6 Å². The molecule has 0 aromatic carbocycles. The van der Waals surface area contributed by atoms with Crippen LogP contribution in [0.1, 0.15) is 59.8 Å². The third-order valence-electron chi connectivity index (χ3n) is 3.78. The maximum atomic E-state index is 3.58. The van der Waals surface area contributed by atoms with Gasteiger partial charge in [0.25, 0.3) is 0 Å². The maximum absolute atomic E-state index is 3.58. The van der Waals surface area contributed by atoms with Gasteiger partial charge in [-0.25, -0.2) is 0 Å². The van der Waals surface area contributed by atoms with Crippen LogP contribution in [0.2, 0.25) is 0 Å². The zero-order valence-electron chi connectivity index (χ0n) is 11.6. The van der Waals surface area contributed by atoms with Gasteiger partial charge in [0, 0.05) is 18.8 Å². The first kappa shape index (κ1) is 14.0. The predicted molar refractivity (Wildman–Crippen MR) is 71.6 cm³/mol. The topological polar surface area (TPSA) is 15.3 Å². The first-order valence-electron chi connectivity index (χ1n) is 7.12. The molecule has 96 valence electrons. The molecule has 1 fully saturated rings. The molecule has 1 aliphatic rings. The van der Waals surface area contributed by atoms with E-state index in [2.05, 4.69) is 37.9 Å². The molecule has 0 saturated carbocycles. The predicted octanol–water partition coefficient (Wildman–Crippen LogP) is 3.23. The molecule has 0 aliphatic carbocycles. The molecule has 0 radical (unpaired) electrons. The summed E-state index contributed by atoms with van der Waals surface area (Å²) in [6, 6.07) is 1.48. The number of hydrogen-bond acceptors (Lipinski definition) is 2. The molecule has 1 saturated heterocycles. The molecule has 0 aromatic rings. The van der Waals surface area contributed by atoms with Crippen LogP contribution in [0, 0.1) is 5.92 Å². The average molecular weight is 226 g/mol. The molecule has 2 unspecified atom stereocenters. The van der Waals surface area contributed by atoms with E-state index in [4.69, 9.17) is 0 Å². The van der Waals surface area contributed by atoms with Gasteiger partial charge in [-0.05, 0) is 32.2 Å². The summed E-state index contributed by atoms with van der Waals surface area (Å²) in [6.45, 7) is 11.7. The fourth-order valence-electron chi connectivity index (χ4n) is 2.67. The Morgan fingerprint density at radius 1 is 1.25 bits per heavy atom. The van der Waals surface area contributed by atoms with Crippen LogP contribution in [0.15, 0.2) is 0 Å². The van der Waals surface area contributed by atoms with Crippen molar-refractivity contribution >= 4 is 0 Å². The van der Waals surface area contributed by atoms with E-state index in [0.717, 1.165) is 18.6 Å². The molecule has 0 aromatic heterocycles. The van der Waals surface area contributed by atoms with Gasteiger partial charge in [0.1, 0.15) is 0 Å². The van der Waals surface area contributed by atoms with Crippen molar-refractivity contribution in [1.29, 1.82) is 0 Å². The van der Waals surface area contributed by atoms with Gasteiger partial charge in [-0.15, -0.1) is 0 Å². The smallest absolute Gasteiger partial charge is 0.0485 e. The molecule has 0 spiro atoms. The Bertz CT molecular complexity index is 180. The van der Waals surface area contributed by atoms with E-state index in [1.54, 1.807) is 0 Å². The highest BCUT2D eigenvalue weighted by atomic mass is 15.3. The Labute approximate surface area is 102 Å². The van der Waals surface area contributed by atoms with E-state index >= 15 is 0 Å². The summed E-state index contributed by atoms with van der Waals surface area (Å²) < 4.78 is 0. The van der Waals surface area contributed by atoms with Gasteiger partial charge in [-0.3, -0.25) is 4.90 Å². The molecular formula is C14H30N2. The van der Waals surface area contributed by atoms with E-state index in [9.17, 15) is 0 Å². The van der Waals surface area contributed by atoms with Crippen LogP contribution in [-0.4, -0.2) is 30.2 Å². The van der Waals surface area contributed by atoms with Gasteiger partial charge < -0.3 is 5.32 Å². The molecule has 1 rings (SSSR count). The first-order valence-corrected chi connectivity index (χ1v) is 7.12. The van der Waals surface area contributed by atoms with Crippen LogP contribution in [0.5, 0.6) is 0 Å². The van der Waals surface area contributed by atoms with Crippen LogP contribution < -0.4 is 5.32 Å². The van der Waals surface area contributed by atoms with Gasteiger partial charge in [0.15, 0.2) is 0 Å². The lowest BCUT2D eigenvalue weighted by Gasteiger charge is -2.41. The Morgan fingerprint density at radius 3 is 2.62 bits per heavy atom. The first-order chi connectivity index (χ1) is 7.65. The second-order valence-electron chi connectivity index (χ2n) is 5.68. The lowest BCUT2D eigenvalue weighted by molar-refractivity contribution is 0.0828. The number of nitrogens with one attached hydrogen (secondary N) is 1. The Kier molecular flexibility index (Phi) is 6.37. The van der Waals surface area contributed by atoms with Gasteiger partial charge in [0.05, 0.1) is 0 Å². The third-order valence-corrected chi connectivity index (χ3v) is 3.78. The highest BCUT2D eigenvalue weighted by Gasteiger charge is 2.27. The minimum atomic E-state index is 0.694. The lowest BCUT2D eigenvalue weighted by atomic mass is 9.94. The zero-order valence-corrected chi connectivity index (χ0v) is 11.6. The minimum absolute atomic E-state index is 0.694. The highest BCUT2D eigenvalue weighted by molar-refractivity contribution is 4.83. The van der Waals surface area contributed by atoms with Crippen molar-refractivity contribution in [2.24, 2.45) is 5.92 Å². The van der Waals surface area contributed by atoms with Gasteiger partial charge >= 0.3 is 0 Å². The number of hydrogen-bond donors (Lipinski definition) is 1. The highest BCUT2D eigenvalue weighted by Crippen LogP contribution is 2.20. The maximum Gasteiger partial charge on any atom is 0.0485 e. The Hall–Kier alpha value is -0.0800. The second kappa shape index (κ2) is 7.29. The van der Waals surface area contributed by atoms with Gasteiger partial charge in [-0.1, -0.05) is 40.0 Å². The number of nitrogens with zero attached hydrogens (tertiary/aromatic N) is 1. The van der Waals surface area contributed by atoms with E-state index < -0.39 is 0 Å². The molecule has 2 heteroatoms.